The van der Waals surface area contributed by atoms with Crippen molar-refractivity contribution in [3.05, 3.63) is 35.4 Å². The average Bonchev–Trinajstić information content (AvgIpc) is 2.49. The van der Waals surface area contributed by atoms with Gasteiger partial charge in [0.25, 0.3) is 0 Å². The first-order chi connectivity index (χ1) is 9.74. The van der Waals surface area contributed by atoms with E-state index >= 15 is 0 Å². The van der Waals surface area contributed by atoms with E-state index in [1.54, 1.807) is 0 Å². The van der Waals surface area contributed by atoms with Crippen molar-refractivity contribution in [1.82, 2.24) is 5.32 Å². The highest BCUT2D eigenvalue weighted by atomic mass is 79.9. The summed E-state index contributed by atoms with van der Waals surface area (Å²) in [5.74, 6) is 0.316. The number of halogens is 1. The Bertz CT molecular complexity index is 480. The highest BCUT2D eigenvalue weighted by Gasteiger charge is 2.28. The van der Waals surface area contributed by atoms with Gasteiger partial charge in [0.1, 0.15) is 0 Å². The Morgan fingerprint density at radius 1 is 1.10 bits per heavy atom. The van der Waals surface area contributed by atoms with Crippen molar-refractivity contribution in [3.63, 3.8) is 0 Å². The molecule has 3 heteroatoms. The maximum absolute atomic E-state index is 12.6. The molecule has 1 aromatic carbocycles. The zero-order valence-corrected chi connectivity index (χ0v) is 13.4. The first-order valence-corrected chi connectivity index (χ1v) is 8.68. The third kappa shape index (κ3) is 3.08. The van der Waals surface area contributed by atoms with E-state index < -0.39 is 0 Å². The molecule has 3 rings (SSSR count). The fourth-order valence-electron chi connectivity index (χ4n) is 3.53. The summed E-state index contributed by atoms with van der Waals surface area (Å²) in [6, 6.07) is 8.82. The molecule has 1 aromatic rings. The normalized spacial score (nSPS) is 29.6. The molecule has 2 aliphatic carbocycles. The van der Waals surface area contributed by atoms with E-state index in [1.165, 1.54) is 24.0 Å². The molecule has 0 aliphatic heterocycles. The summed E-state index contributed by atoms with van der Waals surface area (Å²) in [5.41, 5.74) is 2.62. The fraction of sp³-hybridized carbons (Fsp3) is 0.588. The van der Waals surface area contributed by atoms with Crippen molar-refractivity contribution in [2.75, 3.05) is 0 Å². The highest BCUT2D eigenvalue weighted by molar-refractivity contribution is 9.09. The Morgan fingerprint density at radius 3 is 2.65 bits per heavy atom. The van der Waals surface area contributed by atoms with Crippen LogP contribution < -0.4 is 5.32 Å². The molecular formula is C17H22BrNO. The van der Waals surface area contributed by atoms with Gasteiger partial charge in [-0.2, -0.15) is 0 Å². The van der Waals surface area contributed by atoms with Crippen LogP contribution in [-0.4, -0.2) is 16.8 Å². The maximum atomic E-state index is 12.6. The minimum atomic E-state index is 0.0710. The van der Waals surface area contributed by atoms with Crippen LogP contribution in [0, 0.1) is 0 Å². The lowest BCUT2D eigenvalue weighted by molar-refractivity contribution is -0.123. The van der Waals surface area contributed by atoms with Crippen LogP contribution in [0.2, 0.25) is 0 Å². The van der Waals surface area contributed by atoms with E-state index in [-0.39, 0.29) is 11.8 Å². The summed E-state index contributed by atoms with van der Waals surface area (Å²) in [5, 5.41) is 3.29. The number of hydrogen-bond donors (Lipinski definition) is 1. The van der Waals surface area contributed by atoms with Gasteiger partial charge < -0.3 is 5.32 Å². The van der Waals surface area contributed by atoms with Crippen LogP contribution in [-0.2, 0) is 11.2 Å². The van der Waals surface area contributed by atoms with E-state index in [9.17, 15) is 4.79 Å². The number of alkyl halides is 1. The maximum Gasteiger partial charge on any atom is 0.227 e. The van der Waals surface area contributed by atoms with Crippen molar-refractivity contribution in [1.29, 1.82) is 0 Å². The van der Waals surface area contributed by atoms with Crippen molar-refractivity contribution >= 4 is 21.8 Å². The van der Waals surface area contributed by atoms with Crippen LogP contribution in [0.15, 0.2) is 24.3 Å². The SMILES string of the molecule is O=C(NC1CCC(Br)CC1)C1CCCc2ccccc21. The van der Waals surface area contributed by atoms with Gasteiger partial charge in [0.05, 0.1) is 5.92 Å². The first-order valence-electron chi connectivity index (χ1n) is 7.76. The molecule has 1 unspecified atom stereocenters. The fourth-order valence-corrected chi connectivity index (χ4v) is 4.05. The summed E-state index contributed by atoms with van der Waals surface area (Å²) < 4.78 is 0. The van der Waals surface area contributed by atoms with Crippen molar-refractivity contribution in [2.24, 2.45) is 0 Å². The van der Waals surface area contributed by atoms with Crippen molar-refractivity contribution < 1.29 is 4.79 Å². The van der Waals surface area contributed by atoms with Crippen LogP contribution in [0.4, 0.5) is 0 Å². The summed E-state index contributed by atoms with van der Waals surface area (Å²) >= 11 is 3.67. The number of rotatable bonds is 2. The molecule has 20 heavy (non-hydrogen) atoms. The largest absolute Gasteiger partial charge is 0.353 e. The number of benzene rings is 1. The molecule has 108 valence electrons. The predicted molar refractivity (Wildman–Crippen MR) is 85.2 cm³/mol. The Kier molecular flexibility index (Phi) is 4.45. The number of hydrogen-bond acceptors (Lipinski definition) is 1. The minimum Gasteiger partial charge on any atom is -0.353 e. The van der Waals surface area contributed by atoms with Gasteiger partial charge in [-0.15, -0.1) is 0 Å². The van der Waals surface area contributed by atoms with Crippen LogP contribution >= 0.6 is 15.9 Å². The summed E-state index contributed by atoms with van der Waals surface area (Å²) in [6.45, 7) is 0. The molecule has 2 nitrogen and oxygen atoms in total. The molecule has 0 spiro atoms. The van der Waals surface area contributed by atoms with Gasteiger partial charge in [0.15, 0.2) is 0 Å². The molecule has 0 bridgehead atoms. The molecule has 1 atom stereocenters. The van der Waals surface area contributed by atoms with E-state index in [2.05, 4.69) is 45.5 Å². The third-order valence-electron chi connectivity index (χ3n) is 4.69. The van der Waals surface area contributed by atoms with Crippen LogP contribution in [0.1, 0.15) is 55.6 Å². The summed E-state index contributed by atoms with van der Waals surface area (Å²) in [6.07, 6.45) is 7.80. The lowest BCUT2D eigenvalue weighted by Gasteiger charge is -2.30. The Hall–Kier alpha value is -0.830. The van der Waals surface area contributed by atoms with Crippen molar-refractivity contribution in [3.8, 4) is 0 Å². The average molecular weight is 336 g/mol. The van der Waals surface area contributed by atoms with Gasteiger partial charge in [-0.3, -0.25) is 4.79 Å². The molecule has 0 radical (unpaired) electrons. The van der Waals surface area contributed by atoms with Gasteiger partial charge >= 0.3 is 0 Å². The minimum absolute atomic E-state index is 0.0710. The van der Waals surface area contributed by atoms with Crippen molar-refractivity contribution in [2.45, 2.75) is 61.7 Å². The topological polar surface area (TPSA) is 29.1 Å². The second-order valence-corrected chi connectivity index (χ2v) is 7.40. The highest BCUT2D eigenvalue weighted by Crippen LogP contribution is 2.32. The van der Waals surface area contributed by atoms with Gasteiger partial charge in [-0.05, 0) is 56.1 Å². The lowest BCUT2D eigenvalue weighted by atomic mass is 9.82. The molecule has 1 amide bonds. The van der Waals surface area contributed by atoms with E-state index in [0.29, 0.717) is 10.9 Å². The van der Waals surface area contributed by atoms with Crippen LogP contribution in [0.25, 0.3) is 0 Å². The summed E-state index contributed by atoms with van der Waals surface area (Å²) in [4.78, 5) is 13.2. The molecular weight excluding hydrogens is 314 g/mol. The number of carbonyl (C=O) groups is 1. The Morgan fingerprint density at radius 2 is 1.85 bits per heavy atom. The van der Waals surface area contributed by atoms with Gasteiger partial charge in [0.2, 0.25) is 5.91 Å². The number of aryl methyl sites for hydroxylation is 1. The quantitative estimate of drug-likeness (QED) is 0.815. The Labute approximate surface area is 129 Å². The van der Waals surface area contributed by atoms with Crippen LogP contribution in [0.5, 0.6) is 0 Å². The summed E-state index contributed by atoms with van der Waals surface area (Å²) in [7, 11) is 0. The molecule has 1 fully saturated rings. The molecule has 0 aromatic heterocycles. The predicted octanol–water partition coefficient (Wildman–Crippen LogP) is 3.93. The second-order valence-electron chi connectivity index (χ2n) is 6.10. The Balaban J connectivity index is 1.66. The van der Waals surface area contributed by atoms with Gasteiger partial charge in [-0.25, -0.2) is 0 Å². The monoisotopic (exact) mass is 335 g/mol. The standard InChI is InChI=1S/C17H22BrNO/c18-13-8-10-14(11-9-13)19-17(20)16-7-3-5-12-4-1-2-6-15(12)16/h1-2,4,6,13-14,16H,3,5,7-11H2,(H,19,20). The zero-order chi connectivity index (χ0) is 13.9. The smallest absolute Gasteiger partial charge is 0.227 e. The molecule has 1 N–H and O–H groups in total. The molecule has 2 aliphatic rings. The zero-order valence-electron chi connectivity index (χ0n) is 11.8. The van der Waals surface area contributed by atoms with E-state index in [4.69, 9.17) is 0 Å². The van der Waals surface area contributed by atoms with Crippen LogP contribution in [0.3, 0.4) is 0 Å². The second kappa shape index (κ2) is 6.30. The number of carbonyl (C=O) groups excluding carboxylic acids is 1. The molecule has 1 saturated carbocycles. The number of nitrogens with one attached hydrogen (secondary N) is 1. The van der Waals surface area contributed by atoms with E-state index in [0.717, 1.165) is 32.1 Å². The first kappa shape index (κ1) is 14.1. The van der Waals surface area contributed by atoms with Gasteiger partial charge in [-0.1, -0.05) is 40.2 Å². The number of fused-ring (bicyclic) bond motifs is 1. The third-order valence-corrected chi connectivity index (χ3v) is 5.60. The molecule has 0 saturated heterocycles. The van der Waals surface area contributed by atoms with E-state index in [1.807, 2.05) is 0 Å². The van der Waals surface area contributed by atoms with Gasteiger partial charge in [0, 0.05) is 10.9 Å². The number of amides is 1. The molecule has 0 heterocycles. The lowest BCUT2D eigenvalue weighted by Crippen LogP contribution is -2.41.